The summed E-state index contributed by atoms with van der Waals surface area (Å²) in [6.07, 6.45) is 6.13. The normalized spacial score (nSPS) is 18.2. The number of carbonyl (C=O) groups is 3. The van der Waals surface area contributed by atoms with Gasteiger partial charge in [-0.1, -0.05) is 12.8 Å². The van der Waals surface area contributed by atoms with Crippen molar-refractivity contribution in [2.24, 2.45) is 17.6 Å². The molecule has 8 nitrogen and oxygen atoms in total. The number of rotatable bonds is 8. The van der Waals surface area contributed by atoms with Crippen molar-refractivity contribution in [1.29, 1.82) is 5.41 Å². The van der Waals surface area contributed by atoms with E-state index >= 15 is 0 Å². The number of benzene rings is 1. The van der Waals surface area contributed by atoms with E-state index in [-0.39, 0.29) is 24.6 Å². The summed E-state index contributed by atoms with van der Waals surface area (Å²) in [7, 11) is 0. The maximum absolute atomic E-state index is 12.7. The number of carboxylic acid groups (broad SMARTS) is 1. The first-order valence-corrected chi connectivity index (χ1v) is 9.02. The van der Waals surface area contributed by atoms with Crippen molar-refractivity contribution < 1.29 is 19.5 Å². The minimum Gasteiger partial charge on any atom is -0.481 e. The van der Waals surface area contributed by atoms with Gasteiger partial charge in [0.1, 0.15) is 11.9 Å². The standard InChI is InChI=1S/C20H24N4O4/c1-3-15(20(27)28)16(4-2)23-17(25)11-13-9-10-24(19(13)26)14-7-5-12(6-8-14)18(21)22/h2,5-8,13,15-16H,3,9-11H2,1H3,(H3,21,22)(H,23,25)(H,27,28)/t13-,15?,16?/m0/s1. The molecular weight excluding hydrogens is 360 g/mol. The van der Waals surface area contributed by atoms with Crippen molar-refractivity contribution >= 4 is 29.3 Å². The van der Waals surface area contributed by atoms with Crippen molar-refractivity contribution in [3.05, 3.63) is 29.8 Å². The zero-order valence-corrected chi connectivity index (χ0v) is 15.6. The number of carboxylic acids is 1. The number of nitrogens with one attached hydrogen (secondary N) is 2. The van der Waals surface area contributed by atoms with Gasteiger partial charge in [0.2, 0.25) is 11.8 Å². The molecule has 1 aliphatic heterocycles. The Labute approximate surface area is 163 Å². The molecule has 1 aromatic carbocycles. The molecule has 0 radical (unpaired) electrons. The summed E-state index contributed by atoms with van der Waals surface area (Å²) in [5.74, 6) is -0.773. The highest BCUT2D eigenvalue weighted by molar-refractivity contribution is 6.00. The lowest BCUT2D eigenvalue weighted by molar-refractivity contribution is -0.142. The van der Waals surface area contributed by atoms with Crippen molar-refractivity contribution in [3.63, 3.8) is 0 Å². The molecule has 1 fully saturated rings. The van der Waals surface area contributed by atoms with Crippen LogP contribution in [0.4, 0.5) is 5.69 Å². The highest BCUT2D eigenvalue weighted by Crippen LogP contribution is 2.27. The van der Waals surface area contributed by atoms with Gasteiger partial charge in [-0.15, -0.1) is 6.42 Å². The van der Waals surface area contributed by atoms with Crippen LogP contribution in [0, 0.1) is 29.6 Å². The fourth-order valence-corrected chi connectivity index (χ4v) is 3.27. The minimum atomic E-state index is -1.07. The Hall–Kier alpha value is -3.34. The Morgan fingerprint density at radius 3 is 2.57 bits per heavy atom. The third-order valence-corrected chi connectivity index (χ3v) is 4.89. The molecule has 0 bridgehead atoms. The summed E-state index contributed by atoms with van der Waals surface area (Å²) in [4.78, 5) is 37.8. The number of nitrogens with zero attached hydrogens (tertiary/aromatic N) is 1. The summed E-state index contributed by atoms with van der Waals surface area (Å²) in [5.41, 5.74) is 6.67. The Kier molecular flexibility index (Phi) is 6.77. The van der Waals surface area contributed by atoms with Crippen LogP contribution in [0.25, 0.3) is 0 Å². The molecule has 5 N–H and O–H groups in total. The van der Waals surface area contributed by atoms with Gasteiger partial charge >= 0.3 is 5.97 Å². The molecule has 8 heteroatoms. The maximum atomic E-state index is 12.7. The minimum absolute atomic E-state index is 0.0465. The van der Waals surface area contributed by atoms with Crippen LogP contribution in [0.2, 0.25) is 0 Å². The molecule has 0 spiro atoms. The maximum Gasteiger partial charge on any atom is 0.309 e. The lowest BCUT2D eigenvalue weighted by Gasteiger charge is -2.20. The number of nitrogens with two attached hydrogens (primary N) is 1. The Bertz CT molecular complexity index is 812. The molecule has 1 heterocycles. The Morgan fingerprint density at radius 1 is 1.43 bits per heavy atom. The number of hydrogen-bond donors (Lipinski definition) is 4. The van der Waals surface area contributed by atoms with E-state index in [2.05, 4.69) is 11.2 Å². The van der Waals surface area contributed by atoms with E-state index in [9.17, 15) is 19.5 Å². The molecule has 148 valence electrons. The SMILES string of the molecule is C#CC(NC(=O)C[C@@H]1CCN(c2ccc(C(=N)N)cc2)C1=O)C(CC)C(=O)O. The Balaban J connectivity index is 1.99. The van der Waals surface area contributed by atoms with Crippen LogP contribution in [0.1, 0.15) is 31.7 Å². The van der Waals surface area contributed by atoms with Crippen LogP contribution in [0.15, 0.2) is 24.3 Å². The van der Waals surface area contributed by atoms with Crippen LogP contribution in [-0.2, 0) is 14.4 Å². The second-order valence-electron chi connectivity index (χ2n) is 6.70. The average Bonchev–Trinajstić information content (AvgIpc) is 3.01. The molecule has 0 aromatic heterocycles. The number of carbonyl (C=O) groups excluding carboxylic acids is 2. The number of hydrogen-bond acceptors (Lipinski definition) is 4. The van der Waals surface area contributed by atoms with Gasteiger partial charge in [0, 0.05) is 30.1 Å². The van der Waals surface area contributed by atoms with Crippen LogP contribution >= 0.6 is 0 Å². The van der Waals surface area contributed by atoms with Gasteiger partial charge in [0.25, 0.3) is 0 Å². The van der Waals surface area contributed by atoms with Gasteiger partial charge in [-0.3, -0.25) is 19.8 Å². The van der Waals surface area contributed by atoms with E-state index in [4.69, 9.17) is 17.6 Å². The van der Waals surface area contributed by atoms with Gasteiger partial charge in [0.15, 0.2) is 0 Å². The lowest BCUT2D eigenvalue weighted by Crippen LogP contribution is -2.43. The third kappa shape index (κ3) is 4.68. The van der Waals surface area contributed by atoms with Crippen LogP contribution in [0.5, 0.6) is 0 Å². The topological polar surface area (TPSA) is 137 Å². The molecule has 2 unspecified atom stereocenters. The summed E-state index contributed by atoms with van der Waals surface area (Å²) < 4.78 is 0. The third-order valence-electron chi connectivity index (χ3n) is 4.89. The first-order valence-electron chi connectivity index (χ1n) is 9.02. The van der Waals surface area contributed by atoms with Crippen molar-refractivity contribution in [3.8, 4) is 12.3 Å². The molecule has 1 aromatic rings. The van der Waals surface area contributed by atoms with E-state index in [0.29, 0.717) is 24.2 Å². The Morgan fingerprint density at radius 2 is 2.07 bits per heavy atom. The van der Waals surface area contributed by atoms with Crippen molar-refractivity contribution in [1.82, 2.24) is 5.32 Å². The van der Waals surface area contributed by atoms with E-state index in [1.54, 1.807) is 36.1 Å². The van der Waals surface area contributed by atoms with Gasteiger partial charge in [-0.2, -0.15) is 0 Å². The number of aliphatic carboxylic acids is 1. The van der Waals surface area contributed by atoms with E-state index in [1.807, 2.05) is 0 Å². The molecule has 3 atom stereocenters. The quantitative estimate of drug-likeness (QED) is 0.300. The van der Waals surface area contributed by atoms with Crippen LogP contribution in [-0.4, -0.2) is 41.3 Å². The van der Waals surface area contributed by atoms with Crippen molar-refractivity contribution in [2.75, 3.05) is 11.4 Å². The second-order valence-corrected chi connectivity index (χ2v) is 6.70. The number of amidine groups is 1. The molecule has 0 aliphatic carbocycles. The monoisotopic (exact) mass is 384 g/mol. The molecule has 2 rings (SSSR count). The van der Waals surface area contributed by atoms with E-state index < -0.39 is 29.8 Å². The first kappa shape index (κ1) is 21.0. The predicted octanol–water partition coefficient (Wildman–Crippen LogP) is 0.942. The van der Waals surface area contributed by atoms with Crippen LogP contribution < -0.4 is 16.0 Å². The molecule has 2 amide bonds. The number of anilines is 1. The van der Waals surface area contributed by atoms with E-state index in [0.717, 1.165) is 0 Å². The highest BCUT2D eigenvalue weighted by Gasteiger charge is 2.35. The van der Waals surface area contributed by atoms with Crippen LogP contribution in [0.3, 0.4) is 0 Å². The van der Waals surface area contributed by atoms with E-state index in [1.165, 1.54) is 0 Å². The molecule has 28 heavy (non-hydrogen) atoms. The second kappa shape index (κ2) is 9.04. The molecule has 1 saturated heterocycles. The number of terminal acetylenes is 1. The zero-order chi connectivity index (χ0) is 20.8. The fourth-order valence-electron chi connectivity index (χ4n) is 3.27. The van der Waals surface area contributed by atoms with Crippen molar-refractivity contribution in [2.45, 2.75) is 32.2 Å². The summed E-state index contributed by atoms with van der Waals surface area (Å²) in [6.45, 7) is 2.16. The van der Waals surface area contributed by atoms with Gasteiger partial charge in [-0.25, -0.2) is 0 Å². The lowest BCUT2D eigenvalue weighted by atomic mass is 9.96. The molecular formula is C20H24N4O4. The zero-order valence-electron chi connectivity index (χ0n) is 15.6. The first-order chi connectivity index (χ1) is 13.3. The molecule has 0 saturated carbocycles. The summed E-state index contributed by atoms with van der Waals surface area (Å²) in [5, 5.41) is 19.2. The summed E-state index contributed by atoms with van der Waals surface area (Å²) in [6, 6.07) is 5.84. The highest BCUT2D eigenvalue weighted by atomic mass is 16.4. The number of amides is 2. The largest absolute Gasteiger partial charge is 0.481 e. The van der Waals surface area contributed by atoms with Gasteiger partial charge in [-0.05, 0) is 37.1 Å². The smallest absolute Gasteiger partial charge is 0.309 e. The number of nitrogen functional groups attached to an aromatic ring is 1. The van der Waals surface area contributed by atoms with Gasteiger partial charge in [0.05, 0.1) is 5.92 Å². The fraction of sp³-hybridized carbons (Fsp3) is 0.400. The van der Waals surface area contributed by atoms with Gasteiger partial charge < -0.3 is 21.1 Å². The average molecular weight is 384 g/mol. The molecule has 1 aliphatic rings. The summed E-state index contributed by atoms with van der Waals surface area (Å²) >= 11 is 0. The predicted molar refractivity (Wildman–Crippen MR) is 105 cm³/mol.